The van der Waals surface area contributed by atoms with Crippen LogP contribution in [0.25, 0.3) is 0 Å². The smallest absolute Gasteiger partial charge is 0.462 e. The van der Waals surface area contributed by atoms with E-state index in [0.29, 0.717) is 12.8 Å². The van der Waals surface area contributed by atoms with Gasteiger partial charge in [-0.1, -0.05) is 171 Å². The summed E-state index contributed by atoms with van der Waals surface area (Å²) in [5.41, 5.74) is 0. The third kappa shape index (κ3) is 31.2. The molecule has 1 rings (SSSR count). The topological polar surface area (TPSA) is 210 Å². The van der Waals surface area contributed by atoms with Crippen LogP contribution in [-0.2, 0) is 32.7 Å². The zero-order chi connectivity index (χ0) is 46.4. The van der Waals surface area contributed by atoms with Gasteiger partial charge in [0.2, 0.25) is 0 Å². The summed E-state index contributed by atoms with van der Waals surface area (Å²) in [5, 5.41) is 50.2. The third-order valence-corrected chi connectivity index (χ3v) is 11.9. The van der Waals surface area contributed by atoms with Crippen molar-refractivity contribution in [2.24, 2.45) is 0 Å². The van der Waals surface area contributed by atoms with Crippen LogP contribution < -0.4 is 0 Å². The Morgan fingerprint density at radius 1 is 0.508 bits per heavy atom. The Kier molecular flexibility index (Phi) is 36.1. The molecule has 1 aliphatic rings. The average molecular weight is 913 g/mol. The SMILES string of the molecule is CC/C=C\C/C=C\C/C=C\C/C=C\C/C=C\CCCCCC(=O)O[C@H](COC(=O)CCCCCCCCCCCCCCCCC)COP(=O)(O)OC1C(O)C(O)C(O)[C@@H](O)C1O. The molecule has 14 heteroatoms. The lowest BCUT2D eigenvalue weighted by atomic mass is 9.85. The normalized spacial score (nSPS) is 22.2. The van der Waals surface area contributed by atoms with Crippen LogP contribution in [-0.4, -0.2) is 98.3 Å². The molecule has 1 aliphatic carbocycles. The number of aliphatic hydroxyl groups excluding tert-OH is 5. The van der Waals surface area contributed by atoms with Gasteiger partial charge in [-0.15, -0.1) is 0 Å². The highest BCUT2D eigenvalue weighted by molar-refractivity contribution is 7.47. The number of unbranched alkanes of at least 4 members (excludes halogenated alkanes) is 17. The van der Waals surface area contributed by atoms with Crippen molar-refractivity contribution in [3.63, 3.8) is 0 Å². The van der Waals surface area contributed by atoms with Crippen LogP contribution in [0.3, 0.4) is 0 Å². The van der Waals surface area contributed by atoms with Crippen molar-refractivity contribution < 1.29 is 63.1 Å². The van der Waals surface area contributed by atoms with Crippen molar-refractivity contribution in [2.75, 3.05) is 13.2 Å². The summed E-state index contributed by atoms with van der Waals surface area (Å²) in [6.07, 6.45) is 34.1. The molecule has 6 N–H and O–H groups in total. The van der Waals surface area contributed by atoms with E-state index in [0.717, 1.165) is 70.6 Å². The number of phosphoric ester groups is 1. The second-order valence-corrected chi connectivity index (χ2v) is 18.0. The maximum absolute atomic E-state index is 12.8. The van der Waals surface area contributed by atoms with Crippen LogP contribution in [0.2, 0.25) is 0 Å². The first-order valence-corrected chi connectivity index (χ1v) is 25.6. The average Bonchev–Trinajstić information content (AvgIpc) is 3.26. The van der Waals surface area contributed by atoms with E-state index in [1.165, 1.54) is 70.6 Å². The molecule has 0 aromatic heterocycles. The zero-order valence-corrected chi connectivity index (χ0v) is 39.5. The molecule has 0 aromatic rings. The van der Waals surface area contributed by atoms with E-state index in [-0.39, 0.29) is 12.8 Å². The number of ether oxygens (including phenoxy) is 2. The summed E-state index contributed by atoms with van der Waals surface area (Å²) in [4.78, 5) is 35.7. The number of phosphoric acid groups is 1. The van der Waals surface area contributed by atoms with Gasteiger partial charge in [-0.2, -0.15) is 0 Å². The summed E-state index contributed by atoms with van der Waals surface area (Å²) < 4.78 is 33.5. The van der Waals surface area contributed by atoms with Gasteiger partial charge in [0, 0.05) is 12.8 Å². The molecule has 0 amide bonds. The Labute approximate surface area is 379 Å². The number of carbonyl (C=O) groups is 2. The van der Waals surface area contributed by atoms with E-state index in [4.69, 9.17) is 18.5 Å². The number of hydrogen-bond donors (Lipinski definition) is 6. The van der Waals surface area contributed by atoms with E-state index in [9.17, 15) is 44.6 Å². The van der Waals surface area contributed by atoms with Gasteiger partial charge in [0.1, 0.15) is 43.2 Å². The molecule has 0 heterocycles. The van der Waals surface area contributed by atoms with Crippen LogP contribution in [0.1, 0.15) is 181 Å². The van der Waals surface area contributed by atoms with Gasteiger partial charge >= 0.3 is 19.8 Å². The molecule has 1 saturated carbocycles. The van der Waals surface area contributed by atoms with E-state index in [1.54, 1.807) is 0 Å². The Morgan fingerprint density at radius 2 is 0.905 bits per heavy atom. The lowest BCUT2D eigenvalue weighted by molar-refractivity contribution is -0.220. The van der Waals surface area contributed by atoms with Crippen molar-refractivity contribution >= 4 is 19.8 Å². The van der Waals surface area contributed by atoms with Gasteiger partial charge in [-0.25, -0.2) is 4.57 Å². The maximum Gasteiger partial charge on any atom is 0.472 e. The number of hydrogen-bond acceptors (Lipinski definition) is 12. The molecule has 364 valence electrons. The number of aliphatic hydroxyl groups is 5. The fourth-order valence-corrected chi connectivity index (χ4v) is 7.99. The summed E-state index contributed by atoms with van der Waals surface area (Å²) in [7, 11) is -5.13. The van der Waals surface area contributed by atoms with Gasteiger partial charge in [-0.05, 0) is 57.8 Å². The minimum Gasteiger partial charge on any atom is -0.462 e. The van der Waals surface area contributed by atoms with Crippen LogP contribution in [0.15, 0.2) is 60.8 Å². The highest BCUT2D eigenvalue weighted by atomic mass is 31.2. The molecular formula is C49H85O13P. The minimum atomic E-state index is -5.13. The second kappa shape index (κ2) is 38.8. The standard InChI is InChI=1S/C49H85O13P/c1-3-5-7-9-11-13-15-17-19-20-21-22-24-26-28-30-32-34-36-38-43(51)61-41(40-60-63(57,58)62-49-47(55)45(53)44(52)46(54)48(49)56)39-59-42(50)37-35-33-31-29-27-25-23-18-16-14-12-10-8-6-4-2/h5,7,11,13,17,19,21-22,26,28,41,44-49,52-56H,3-4,6,8-10,12,14-16,18,20,23-25,27,29-40H2,1-2H3,(H,57,58)/b7-5-,13-11-,19-17-,22-21-,28-26-/t41-,44?,45-,46?,47?,48?,49?/m1/s1. The Hall–Kier alpha value is -2.45. The molecule has 8 atom stereocenters. The number of allylic oxidation sites excluding steroid dienone is 10. The van der Waals surface area contributed by atoms with Crippen LogP contribution in [0, 0.1) is 0 Å². The third-order valence-electron chi connectivity index (χ3n) is 10.9. The highest BCUT2D eigenvalue weighted by Crippen LogP contribution is 2.47. The molecule has 63 heavy (non-hydrogen) atoms. The van der Waals surface area contributed by atoms with Crippen molar-refractivity contribution in [3.8, 4) is 0 Å². The van der Waals surface area contributed by atoms with Gasteiger partial charge in [0.05, 0.1) is 6.61 Å². The van der Waals surface area contributed by atoms with Gasteiger partial charge in [0.15, 0.2) is 6.10 Å². The van der Waals surface area contributed by atoms with Crippen LogP contribution >= 0.6 is 7.82 Å². The molecule has 0 aromatic carbocycles. The first kappa shape index (κ1) is 58.6. The lowest BCUT2D eigenvalue weighted by Crippen LogP contribution is -2.64. The Bertz CT molecular complexity index is 1330. The predicted molar refractivity (Wildman–Crippen MR) is 249 cm³/mol. The van der Waals surface area contributed by atoms with E-state index in [1.807, 2.05) is 0 Å². The van der Waals surface area contributed by atoms with Gasteiger partial charge < -0.3 is 39.9 Å². The molecular weight excluding hydrogens is 828 g/mol. The number of rotatable bonds is 39. The molecule has 1 fully saturated rings. The van der Waals surface area contributed by atoms with Gasteiger partial charge in [-0.3, -0.25) is 18.6 Å². The molecule has 13 nitrogen and oxygen atoms in total. The Morgan fingerprint density at radius 3 is 1.38 bits per heavy atom. The fourth-order valence-electron chi connectivity index (χ4n) is 7.02. The minimum absolute atomic E-state index is 0.0566. The van der Waals surface area contributed by atoms with Gasteiger partial charge in [0.25, 0.3) is 0 Å². The molecule has 0 saturated heterocycles. The molecule has 0 aliphatic heterocycles. The lowest BCUT2D eigenvalue weighted by Gasteiger charge is -2.41. The summed E-state index contributed by atoms with van der Waals surface area (Å²) in [6, 6.07) is 0. The summed E-state index contributed by atoms with van der Waals surface area (Å²) in [5.74, 6) is -1.14. The monoisotopic (exact) mass is 913 g/mol. The second-order valence-electron chi connectivity index (χ2n) is 16.6. The maximum atomic E-state index is 12.8. The van der Waals surface area contributed by atoms with Crippen molar-refractivity contribution in [1.82, 2.24) is 0 Å². The first-order valence-electron chi connectivity index (χ1n) is 24.1. The van der Waals surface area contributed by atoms with Crippen LogP contribution in [0.5, 0.6) is 0 Å². The predicted octanol–water partition coefficient (Wildman–Crippen LogP) is 9.73. The van der Waals surface area contributed by atoms with E-state index in [2.05, 4.69) is 74.6 Å². The quantitative estimate of drug-likeness (QED) is 0.0147. The van der Waals surface area contributed by atoms with Crippen molar-refractivity contribution in [1.29, 1.82) is 0 Å². The molecule has 0 spiro atoms. The Balaban J connectivity index is 2.47. The van der Waals surface area contributed by atoms with Crippen molar-refractivity contribution in [3.05, 3.63) is 60.8 Å². The molecule has 0 bridgehead atoms. The fraction of sp³-hybridized carbons (Fsp3) is 0.755. The zero-order valence-electron chi connectivity index (χ0n) is 38.6. The summed E-state index contributed by atoms with van der Waals surface area (Å²) in [6.45, 7) is 3.17. The molecule has 0 radical (unpaired) electrons. The van der Waals surface area contributed by atoms with E-state index >= 15 is 0 Å². The first-order chi connectivity index (χ1) is 30.4. The van der Waals surface area contributed by atoms with E-state index < -0.39 is 75.7 Å². The van der Waals surface area contributed by atoms with Crippen LogP contribution in [0.4, 0.5) is 0 Å². The van der Waals surface area contributed by atoms with Crippen molar-refractivity contribution in [2.45, 2.75) is 224 Å². The number of esters is 2. The molecule has 6 unspecified atom stereocenters. The summed E-state index contributed by atoms with van der Waals surface area (Å²) >= 11 is 0. The largest absolute Gasteiger partial charge is 0.472 e. The highest BCUT2D eigenvalue weighted by Gasteiger charge is 2.51. The number of carbonyl (C=O) groups excluding carboxylic acids is 2.